The topological polar surface area (TPSA) is 69.2 Å². The van der Waals surface area contributed by atoms with Crippen molar-refractivity contribution in [3.63, 3.8) is 0 Å². The van der Waals surface area contributed by atoms with Crippen molar-refractivity contribution in [2.45, 2.75) is 18.0 Å². The van der Waals surface area contributed by atoms with Gasteiger partial charge < -0.3 is 4.74 Å². The molecule has 0 spiro atoms. The average molecular weight is 346 g/mol. The average Bonchev–Trinajstić information content (AvgIpc) is 2.53. The predicted octanol–water partition coefficient (Wildman–Crippen LogP) is 2.88. The van der Waals surface area contributed by atoms with E-state index in [-0.39, 0.29) is 27.8 Å². The van der Waals surface area contributed by atoms with Gasteiger partial charge in [-0.3, -0.25) is 9.97 Å². The van der Waals surface area contributed by atoms with Crippen LogP contribution in [-0.4, -0.2) is 36.9 Å². The van der Waals surface area contributed by atoms with Crippen molar-refractivity contribution < 1.29 is 26.3 Å². The molecule has 9 heteroatoms. The van der Waals surface area contributed by atoms with Crippen LogP contribution in [-0.2, 0) is 9.84 Å². The zero-order chi connectivity index (χ0) is 17.1. The van der Waals surface area contributed by atoms with Crippen LogP contribution in [0.1, 0.15) is 6.92 Å². The Morgan fingerprint density at radius 2 is 1.91 bits per heavy atom. The molecule has 0 aliphatic rings. The van der Waals surface area contributed by atoms with Gasteiger partial charge in [-0.1, -0.05) is 6.92 Å². The lowest BCUT2D eigenvalue weighted by molar-refractivity contribution is -0.153. The van der Waals surface area contributed by atoms with Gasteiger partial charge in [-0.25, -0.2) is 8.42 Å². The number of ether oxygens (including phenoxy) is 1. The van der Waals surface area contributed by atoms with Gasteiger partial charge in [0.2, 0.25) is 0 Å². The lowest BCUT2D eigenvalue weighted by atomic mass is 10.2. The van der Waals surface area contributed by atoms with Crippen LogP contribution >= 0.6 is 0 Å². The first-order valence-corrected chi connectivity index (χ1v) is 8.22. The Bertz CT molecular complexity index is 775. The summed E-state index contributed by atoms with van der Waals surface area (Å²) < 4.78 is 64.9. The van der Waals surface area contributed by atoms with E-state index in [1.54, 1.807) is 0 Å². The molecular weight excluding hydrogens is 333 g/mol. The van der Waals surface area contributed by atoms with Gasteiger partial charge >= 0.3 is 6.18 Å². The Kier molecular flexibility index (Phi) is 4.88. The molecular formula is C14H13F3N2O3S. The van der Waals surface area contributed by atoms with E-state index in [2.05, 4.69) is 14.7 Å². The van der Waals surface area contributed by atoms with Gasteiger partial charge in [0.05, 0.1) is 22.5 Å². The van der Waals surface area contributed by atoms with E-state index in [1.165, 1.54) is 37.4 Å². The highest BCUT2D eigenvalue weighted by Crippen LogP contribution is 2.26. The van der Waals surface area contributed by atoms with Crippen LogP contribution in [0.2, 0.25) is 0 Å². The first-order valence-electron chi connectivity index (χ1n) is 6.56. The highest BCUT2D eigenvalue weighted by Gasteiger charge is 2.28. The highest BCUT2D eigenvalue weighted by atomic mass is 32.2. The summed E-state index contributed by atoms with van der Waals surface area (Å²) in [6.45, 7) is 0.0840. The number of aromatic nitrogens is 2. The normalized spacial score (nSPS) is 12.2. The molecule has 0 aliphatic heterocycles. The van der Waals surface area contributed by atoms with Gasteiger partial charge in [-0.2, -0.15) is 13.2 Å². The predicted molar refractivity (Wildman–Crippen MR) is 76.7 cm³/mol. The molecule has 2 heterocycles. The van der Waals surface area contributed by atoms with Gasteiger partial charge in [0.15, 0.2) is 16.4 Å². The maximum Gasteiger partial charge on any atom is 0.422 e. The first kappa shape index (κ1) is 17.2. The number of pyridine rings is 2. The smallest absolute Gasteiger partial charge is 0.422 e. The van der Waals surface area contributed by atoms with Crippen LogP contribution in [0, 0.1) is 0 Å². The molecule has 2 aromatic rings. The van der Waals surface area contributed by atoms with Crippen LogP contribution in [0.25, 0.3) is 11.4 Å². The van der Waals surface area contributed by atoms with Gasteiger partial charge in [-0.05, 0) is 24.3 Å². The number of alkyl halides is 3. The zero-order valence-electron chi connectivity index (χ0n) is 12.0. The first-order chi connectivity index (χ1) is 10.7. The summed E-state index contributed by atoms with van der Waals surface area (Å²) in [6, 6.07) is 5.55. The third-order valence-corrected chi connectivity index (χ3v) is 4.63. The quantitative estimate of drug-likeness (QED) is 0.833. The molecule has 0 bridgehead atoms. The second-order valence-corrected chi connectivity index (χ2v) is 6.78. The Morgan fingerprint density at radius 1 is 1.17 bits per heavy atom. The van der Waals surface area contributed by atoms with E-state index >= 15 is 0 Å². The van der Waals surface area contributed by atoms with Gasteiger partial charge in [0.25, 0.3) is 0 Å². The summed E-state index contributed by atoms with van der Waals surface area (Å²) in [5.74, 6) is -0.166. The van der Waals surface area contributed by atoms with E-state index < -0.39 is 22.6 Å². The van der Waals surface area contributed by atoms with E-state index in [0.717, 1.165) is 6.20 Å². The fraction of sp³-hybridized carbons (Fsp3) is 0.286. The molecule has 2 aromatic heterocycles. The standard InChI is InChI=1S/C14H13F3N2O3S/c1-2-23(20,21)12-4-3-7-18-13(12)11-6-5-10(8-19-11)22-9-14(15,16)17/h3-8H,2,9H2,1H3. The van der Waals surface area contributed by atoms with Gasteiger partial charge in [0, 0.05) is 6.20 Å². The molecule has 0 saturated carbocycles. The van der Waals surface area contributed by atoms with E-state index in [4.69, 9.17) is 0 Å². The summed E-state index contributed by atoms with van der Waals surface area (Å²) in [5, 5.41) is 0. The maximum absolute atomic E-state index is 12.1. The number of halogens is 3. The molecule has 0 fully saturated rings. The largest absolute Gasteiger partial charge is 0.483 e. The Balaban J connectivity index is 2.31. The Morgan fingerprint density at radius 3 is 2.48 bits per heavy atom. The van der Waals surface area contributed by atoms with Crippen LogP contribution in [0.3, 0.4) is 0 Å². The number of hydrogen-bond donors (Lipinski definition) is 0. The molecule has 0 N–H and O–H groups in total. The number of rotatable bonds is 5. The van der Waals surface area contributed by atoms with Crippen molar-refractivity contribution in [3.05, 3.63) is 36.7 Å². The number of sulfone groups is 1. The molecule has 0 radical (unpaired) electrons. The van der Waals surface area contributed by atoms with Crippen molar-refractivity contribution in [1.29, 1.82) is 0 Å². The molecule has 0 unspecified atom stereocenters. The zero-order valence-corrected chi connectivity index (χ0v) is 12.9. The summed E-state index contributed by atoms with van der Waals surface area (Å²) in [6.07, 6.45) is -1.93. The molecule has 124 valence electrons. The maximum atomic E-state index is 12.1. The summed E-state index contributed by atoms with van der Waals surface area (Å²) in [7, 11) is -3.50. The minimum Gasteiger partial charge on any atom is -0.483 e. The minimum absolute atomic E-state index is 0.0268. The molecule has 0 atom stereocenters. The van der Waals surface area contributed by atoms with Crippen LogP contribution in [0.5, 0.6) is 5.75 Å². The monoisotopic (exact) mass is 346 g/mol. The summed E-state index contributed by atoms with van der Waals surface area (Å²) in [5.41, 5.74) is 0.383. The molecule has 5 nitrogen and oxygen atoms in total. The van der Waals surface area contributed by atoms with E-state index in [0.29, 0.717) is 0 Å². The molecule has 23 heavy (non-hydrogen) atoms. The van der Waals surface area contributed by atoms with Crippen molar-refractivity contribution in [1.82, 2.24) is 9.97 Å². The summed E-state index contributed by atoms with van der Waals surface area (Å²) >= 11 is 0. The van der Waals surface area contributed by atoms with Crippen molar-refractivity contribution >= 4 is 9.84 Å². The van der Waals surface area contributed by atoms with Crippen molar-refractivity contribution in [3.8, 4) is 17.1 Å². The lowest BCUT2D eigenvalue weighted by Gasteiger charge is -2.10. The van der Waals surface area contributed by atoms with Gasteiger partial charge in [-0.15, -0.1) is 0 Å². The van der Waals surface area contributed by atoms with Gasteiger partial charge in [0.1, 0.15) is 11.4 Å². The molecule has 0 amide bonds. The molecule has 0 aromatic carbocycles. The number of hydrogen-bond acceptors (Lipinski definition) is 5. The second kappa shape index (κ2) is 6.53. The second-order valence-electron chi connectivity index (χ2n) is 4.54. The number of nitrogens with zero attached hydrogens (tertiary/aromatic N) is 2. The SMILES string of the molecule is CCS(=O)(=O)c1cccnc1-c1ccc(OCC(F)(F)F)cn1. The summed E-state index contributed by atoms with van der Waals surface area (Å²) in [4.78, 5) is 7.98. The van der Waals surface area contributed by atoms with Crippen molar-refractivity contribution in [2.24, 2.45) is 0 Å². The fourth-order valence-corrected chi connectivity index (χ4v) is 2.81. The van der Waals surface area contributed by atoms with Crippen LogP contribution < -0.4 is 4.74 Å². The Labute approximate surface area is 131 Å². The molecule has 2 rings (SSSR count). The minimum atomic E-state index is -4.44. The third-order valence-electron chi connectivity index (χ3n) is 2.87. The van der Waals surface area contributed by atoms with Crippen LogP contribution in [0.4, 0.5) is 13.2 Å². The highest BCUT2D eigenvalue weighted by molar-refractivity contribution is 7.91. The Hall–Kier alpha value is -2.16. The van der Waals surface area contributed by atoms with Crippen LogP contribution in [0.15, 0.2) is 41.6 Å². The molecule has 0 saturated heterocycles. The fourth-order valence-electron chi connectivity index (χ4n) is 1.76. The third kappa shape index (κ3) is 4.41. The van der Waals surface area contributed by atoms with Crippen molar-refractivity contribution in [2.75, 3.05) is 12.4 Å². The molecule has 0 aliphatic carbocycles. The van der Waals surface area contributed by atoms with E-state index in [9.17, 15) is 21.6 Å². The lowest BCUT2D eigenvalue weighted by Crippen LogP contribution is -2.19. The van der Waals surface area contributed by atoms with E-state index in [1.807, 2.05) is 0 Å².